The summed E-state index contributed by atoms with van der Waals surface area (Å²) >= 11 is 0. The first-order chi connectivity index (χ1) is 14.2. The molecule has 0 aliphatic heterocycles. The van der Waals surface area contributed by atoms with E-state index in [-0.39, 0.29) is 5.56 Å². The average Bonchev–Trinajstić information content (AvgIpc) is 2.77. The van der Waals surface area contributed by atoms with Gasteiger partial charge in [-0.1, -0.05) is 48.5 Å². The van der Waals surface area contributed by atoms with Crippen molar-refractivity contribution in [2.24, 2.45) is 0 Å². The molecule has 0 spiro atoms. The molecule has 1 heterocycles. The maximum absolute atomic E-state index is 13.4. The Morgan fingerprint density at radius 2 is 1.62 bits per heavy atom. The van der Waals surface area contributed by atoms with Crippen molar-refractivity contribution >= 4 is 22.6 Å². The van der Waals surface area contributed by atoms with Gasteiger partial charge < -0.3 is 14.1 Å². The molecule has 5 nitrogen and oxygen atoms in total. The van der Waals surface area contributed by atoms with Crippen LogP contribution in [-0.2, 0) is 6.54 Å². The van der Waals surface area contributed by atoms with Crippen LogP contribution >= 0.6 is 0 Å². The van der Waals surface area contributed by atoms with Gasteiger partial charge in [0.1, 0.15) is 16.9 Å². The van der Waals surface area contributed by atoms with Gasteiger partial charge in [0, 0.05) is 11.1 Å². The molecule has 4 rings (SSSR count). The number of methoxy groups -OCH3 is 1. The molecule has 144 valence electrons. The molecule has 5 heteroatoms. The Hall–Kier alpha value is -3.86. The molecule has 0 N–H and O–H groups in total. The van der Waals surface area contributed by atoms with Gasteiger partial charge in [0.15, 0.2) is 0 Å². The maximum atomic E-state index is 13.4. The van der Waals surface area contributed by atoms with E-state index in [1.165, 1.54) is 0 Å². The number of hydrogen-bond donors (Lipinski definition) is 0. The zero-order valence-corrected chi connectivity index (χ0v) is 15.9. The highest BCUT2D eigenvalue weighted by Crippen LogP contribution is 2.22. The molecular weight excluding hydrogens is 366 g/mol. The zero-order valence-electron chi connectivity index (χ0n) is 15.9. The zero-order chi connectivity index (χ0) is 20.2. The van der Waals surface area contributed by atoms with Crippen molar-refractivity contribution in [3.05, 3.63) is 106 Å². The summed E-state index contributed by atoms with van der Waals surface area (Å²) in [4.78, 5) is 27.5. The molecule has 1 amide bonds. The van der Waals surface area contributed by atoms with Crippen molar-refractivity contribution in [2.75, 3.05) is 12.0 Å². The van der Waals surface area contributed by atoms with Crippen LogP contribution in [0.2, 0.25) is 0 Å². The van der Waals surface area contributed by atoms with Gasteiger partial charge in [-0.3, -0.25) is 4.79 Å². The SMILES string of the molecule is COc1ccc(CN(C(=O)c2cc3ccccc3oc2=O)c2ccccc2)cc1. The number of carbonyl (C=O) groups is 1. The Balaban J connectivity index is 1.75. The Morgan fingerprint density at radius 1 is 0.931 bits per heavy atom. The van der Waals surface area contributed by atoms with E-state index in [4.69, 9.17) is 9.15 Å². The summed E-state index contributed by atoms with van der Waals surface area (Å²) in [6.45, 7) is 0.305. The number of benzene rings is 3. The lowest BCUT2D eigenvalue weighted by Gasteiger charge is -2.23. The minimum absolute atomic E-state index is 0.000986. The second-order valence-electron chi connectivity index (χ2n) is 6.56. The first kappa shape index (κ1) is 18.5. The molecule has 0 saturated heterocycles. The van der Waals surface area contributed by atoms with Crippen molar-refractivity contribution in [3.63, 3.8) is 0 Å². The predicted molar refractivity (Wildman–Crippen MR) is 112 cm³/mol. The molecule has 0 unspecified atom stereocenters. The molecular formula is C24H19NO4. The summed E-state index contributed by atoms with van der Waals surface area (Å²) < 4.78 is 10.6. The van der Waals surface area contributed by atoms with Crippen molar-refractivity contribution in [3.8, 4) is 5.75 Å². The third kappa shape index (κ3) is 3.89. The van der Waals surface area contributed by atoms with Crippen LogP contribution in [0.25, 0.3) is 11.0 Å². The van der Waals surface area contributed by atoms with Crippen LogP contribution in [-0.4, -0.2) is 13.0 Å². The van der Waals surface area contributed by atoms with Crippen molar-refractivity contribution in [2.45, 2.75) is 6.54 Å². The van der Waals surface area contributed by atoms with Crippen LogP contribution in [0, 0.1) is 0 Å². The van der Waals surface area contributed by atoms with Crippen LogP contribution in [0.15, 0.2) is 94.1 Å². The van der Waals surface area contributed by atoms with E-state index in [1.54, 1.807) is 30.2 Å². The molecule has 0 aliphatic carbocycles. The number of amides is 1. The molecule has 4 aromatic rings. The maximum Gasteiger partial charge on any atom is 0.349 e. The van der Waals surface area contributed by atoms with Gasteiger partial charge in [0.05, 0.1) is 13.7 Å². The Labute approximate surface area is 167 Å². The third-order valence-electron chi connectivity index (χ3n) is 4.68. The number of ether oxygens (including phenoxy) is 1. The van der Waals surface area contributed by atoms with Crippen LogP contribution in [0.3, 0.4) is 0 Å². The normalized spacial score (nSPS) is 10.7. The van der Waals surface area contributed by atoms with E-state index < -0.39 is 11.5 Å². The molecule has 0 aliphatic rings. The molecule has 0 radical (unpaired) electrons. The molecule has 3 aromatic carbocycles. The summed E-state index contributed by atoms with van der Waals surface area (Å²) in [5.74, 6) is 0.327. The van der Waals surface area contributed by atoms with Gasteiger partial charge in [0.2, 0.25) is 0 Å². The molecule has 0 bridgehead atoms. The molecule has 0 saturated carbocycles. The number of anilines is 1. The number of rotatable bonds is 5. The number of nitrogens with zero attached hydrogens (tertiary/aromatic N) is 1. The van der Waals surface area contributed by atoms with Gasteiger partial charge in [-0.05, 0) is 42.0 Å². The van der Waals surface area contributed by atoms with Gasteiger partial charge in [-0.15, -0.1) is 0 Å². The second-order valence-corrected chi connectivity index (χ2v) is 6.56. The van der Waals surface area contributed by atoms with E-state index >= 15 is 0 Å². The third-order valence-corrected chi connectivity index (χ3v) is 4.68. The largest absolute Gasteiger partial charge is 0.497 e. The van der Waals surface area contributed by atoms with Gasteiger partial charge >= 0.3 is 5.63 Å². The lowest BCUT2D eigenvalue weighted by Crippen LogP contribution is -2.33. The van der Waals surface area contributed by atoms with Crippen molar-refractivity contribution in [1.29, 1.82) is 0 Å². The number of hydrogen-bond acceptors (Lipinski definition) is 4. The highest BCUT2D eigenvalue weighted by Gasteiger charge is 2.22. The summed E-state index contributed by atoms with van der Waals surface area (Å²) in [5, 5.41) is 0.702. The number of fused-ring (bicyclic) bond motifs is 1. The van der Waals surface area contributed by atoms with Crippen LogP contribution < -0.4 is 15.3 Å². The molecule has 29 heavy (non-hydrogen) atoms. The quantitative estimate of drug-likeness (QED) is 0.469. The van der Waals surface area contributed by atoms with Gasteiger partial charge in [-0.25, -0.2) is 4.79 Å². The summed E-state index contributed by atoms with van der Waals surface area (Å²) in [6.07, 6.45) is 0. The van der Waals surface area contributed by atoms with Crippen molar-refractivity contribution in [1.82, 2.24) is 0 Å². The lowest BCUT2D eigenvalue weighted by atomic mass is 10.1. The first-order valence-electron chi connectivity index (χ1n) is 9.18. The molecule has 1 aromatic heterocycles. The Bertz CT molecular complexity index is 1200. The summed E-state index contributed by atoms with van der Waals surface area (Å²) in [7, 11) is 1.60. The van der Waals surface area contributed by atoms with E-state index in [1.807, 2.05) is 66.7 Å². The predicted octanol–water partition coefficient (Wildman–Crippen LogP) is 4.65. The molecule has 0 atom stereocenters. The monoisotopic (exact) mass is 385 g/mol. The van der Waals surface area contributed by atoms with Gasteiger partial charge in [0.25, 0.3) is 5.91 Å². The fourth-order valence-electron chi connectivity index (χ4n) is 3.16. The highest BCUT2D eigenvalue weighted by atomic mass is 16.5. The number of carbonyl (C=O) groups excluding carboxylic acids is 1. The van der Waals surface area contributed by atoms with Crippen LogP contribution in [0.4, 0.5) is 5.69 Å². The topological polar surface area (TPSA) is 59.8 Å². The average molecular weight is 385 g/mol. The van der Waals surface area contributed by atoms with Crippen LogP contribution in [0.5, 0.6) is 5.75 Å². The second kappa shape index (κ2) is 8.02. The summed E-state index contributed by atoms with van der Waals surface area (Å²) in [6, 6.07) is 25.5. The smallest absolute Gasteiger partial charge is 0.349 e. The lowest BCUT2D eigenvalue weighted by molar-refractivity contribution is 0.0981. The minimum Gasteiger partial charge on any atom is -0.497 e. The highest BCUT2D eigenvalue weighted by molar-refractivity contribution is 6.07. The molecule has 0 fully saturated rings. The minimum atomic E-state index is -0.649. The standard InChI is InChI=1S/C24H19NO4/c1-28-20-13-11-17(12-14-20)16-25(19-8-3-2-4-9-19)23(26)21-15-18-7-5-6-10-22(18)29-24(21)27/h2-15H,16H2,1H3. The fraction of sp³-hybridized carbons (Fsp3) is 0.0833. The van der Waals surface area contributed by atoms with E-state index in [0.717, 1.165) is 11.3 Å². The Kier molecular flexibility index (Phi) is 5.12. The van der Waals surface area contributed by atoms with Crippen molar-refractivity contribution < 1.29 is 13.9 Å². The Morgan fingerprint density at radius 3 is 2.34 bits per heavy atom. The fourth-order valence-corrected chi connectivity index (χ4v) is 3.16. The number of para-hydroxylation sites is 2. The summed E-state index contributed by atoms with van der Waals surface area (Å²) in [5.41, 5.74) is 1.41. The van der Waals surface area contributed by atoms with Gasteiger partial charge in [-0.2, -0.15) is 0 Å². The van der Waals surface area contributed by atoms with Crippen LogP contribution in [0.1, 0.15) is 15.9 Å². The van der Waals surface area contributed by atoms with E-state index in [0.29, 0.717) is 23.2 Å². The van der Waals surface area contributed by atoms with E-state index in [9.17, 15) is 9.59 Å². The first-order valence-corrected chi connectivity index (χ1v) is 9.18. The van der Waals surface area contributed by atoms with E-state index in [2.05, 4.69) is 0 Å².